The van der Waals surface area contributed by atoms with Crippen molar-refractivity contribution in [2.45, 2.75) is 66.4 Å². The number of aliphatic carboxylic acids is 1. The molecule has 1 saturated carbocycles. The van der Waals surface area contributed by atoms with E-state index in [2.05, 4.69) is 33.4 Å². The molecule has 33 heavy (non-hydrogen) atoms. The van der Waals surface area contributed by atoms with Gasteiger partial charge in [0.05, 0.1) is 11.8 Å². The minimum atomic E-state index is -0.964. The monoisotopic (exact) mass is 456 g/mol. The van der Waals surface area contributed by atoms with Gasteiger partial charge in [-0.25, -0.2) is 4.79 Å². The van der Waals surface area contributed by atoms with Gasteiger partial charge >= 0.3 is 11.9 Å². The van der Waals surface area contributed by atoms with Crippen LogP contribution in [0.25, 0.3) is 0 Å². The van der Waals surface area contributed by atoms with E-state index in [1.807, 2.05) is 6.92 Å². The fourth-order valence-corrected chi connectivity index (χ4v) is 5.27. The topological polar surface area (TPSA) is 97.7 Å². The molecule has 2 aliphatic rings. The number of hydrogen-bond donors (Lipinski definition) is 1. The lowest BCUT2D eigenvalue weighted by Crippen LogP contribution is -2.49. The van der Waals surface area contributed by atoms with Crippen LogP contribution in [-0.4, -0.2) is 35.2 Å². The molecule has 5 atom stereocenters. The minimum absolute atomic E-state index is 0.136. The number of aldehydes is 1. The van der Waals surface area contributed by atoms with Gasteiger partial charge in [-0.3, -0.25) is 14.4 Å². The molecule has 0 aromatic carbocycles. The fourth-order valence-electron chi connectivity index (χ4n) is 5.27. The van der Waals surface area contributed by atoms with E-state index in [1.54, 1.807) is 13.0 Å². The van der Waals surface area contributed by atoms with Gasteiger partial charge < -0.3 is 9.84 Å². The van der Waals surface area contributed by atoms with Gasteiger partial charge in [0.25, 0.3) is 0 Å². The van der Waals surface area contributed by atoms with Gasteiger partial charge in [0.1, 0.15) is 12.4 Å². The van der Waals surface area contributed by atoms with Crippen LogP contribution in [0.4, 0.5) is 0 Å². The highest BCUT2D eigenvalue weighted by atomic mass is 16.5. The van der Waals surface area contributed by atoms with E-state index in [1.165, 1.54) is 12.2 Å². The van der Waals surface area contributed by atoms with Crippen molar-refractivity contribution < 1.29 is 29.0 Å². The van der Waals surface area contributed by atoms with E-state index in [9.17, 15) is 24.3 Å². The number of fused-ring (bicyclic) bond motifs is 1. The summed E-state index contributed by atoms with van der Waals surface area (Å²) < 4.78 is 5.69. The lowest BCUT2D eigenvalue weighted by atomic mass is 9.56. The molecule has 0 bridgehead atoms. The van der Waals surface area contributed by atoms with E-state index in [4.69, 9.17) is 4.74 Å². The third-order valence-electron chi connectivity index (χ3n) is 6.79. The molecule has 1 N–H and O–H groups in total. The smallest absolute Gasteiger partial charge is 0.331 e. The zero-order valence-corrected chi connectivity index (χ0v) is 20.3. The Morgan fingerprint density at radius 1 is 1.27 bits per heavy atom. The van der Waals surface area contributed by atoms with E-state index in [0.717, 1.165) is 12.0 Å². The van der Waals surface area contributed by atoms with Crippen LogP contribution in [0.15, 0.2) is 47.6 Å². The second-order valence-corrected chi connectivity index (χ2v) is 10.1. The molecule has 0 saturated heterocycles. The van der Waals surface area contributed by atoms with E-state index < -0.39 is 35.3 Å². The molecule has 2 rings (SSSR count). The number of carbonyl (C=O) groups excluding carboxylic acids is 3. The van der Waals surface area contributed by atoms with Crippen molar-refractivity contribution in [2.75, 3.05) is 0 Å². The van der Waals surface area contributed by atoms with Gasteiger partial charge in [-0.2, -0.15) is 0 Å². The summed E-state index contributed by atoms with van der Waals surface area (Å²) in [5, 5.41) is 9.80. The van der Waals surface area contributed by atoms with Crippen LogP contribution in [0.5, 0.6) is 0 Å². The Kier molecular flexibility index (Phi) is 8.76. The van der Waals surface area contributed by atoms with Crippen molar-refractivity contribution in [1.29, 1.82) is 0 Å². The molecule has 0 aliphatic heterocycles. The summed E-state index contributed by atoms with van der Waals surface area (Å²) in [6.45, 7) is 13.8. The summed E-state index contributed by atoms with van der Waals surface area (Å²) in [6, 6.07) is 0. The Hall–Kier alpha value is -2.76. The molecule has 1 fully saturated rings. The summed E-state index contributed by atoms with van der Waals surface area (Å²) in [5.41, 5.74) is 0.699. The van der Waals surface area contributed by atoms with Crippen molar-refractivity contribution in [1.82, 2.24) is 0 Å². The number of carboxylic acid groups (broad SMARTS) is 1. The summed E-state index contributed by atoms with van der Waals surface area (Å²) in [6.07, 6.45) is 8.29. The van der Waals surface area contributed by atoms with Gasteiger partial charge in [-0.1, -0.05) is 52.0 Å². The molecule has 0 radical (unpaired) electrons. The van der Waals surface area contributed by atoms with Crippen LogP contribution < -0.4 is 0 Å². The molecule has 0 amide bonds. The van der Waals surface area contributed by atoms with Crippen molar-refractivity contribution >= 4 is 24.0 Å². The van der Waals surface area contributed by atoms with E-state index >= 15 is 0 Å². The Morgan fingerprint density at radius 3 is 2.52 bits per heavy atom. The third-order valence-corrected chi connectivity index (χ3v) is 6.79. The maximum atomic E-state index is 12.7. The second-order valence-electron chi connectivity index (χ2n) is 10.1. The van der Waals surface area contributed by atoms with Crippen LogP contribution in [0.2, 0.25) is 0 Å². The SMILES string of the molecule is C=C(C=O)C1CC2(C)C(=CC1=O)C(OC(=O)C=CC(C)=CC(C)CC(C)C)CCC2C(=O)O. The number of allylic oxidation sites excluding steroid dienone is 5. The van der Waals surface area contributed by atoms with Crippen molar-refractivity contribution in [2.24, 2.45) is 29.1 Å². The molecule has 2 aliphatic carbocycles. The zero-order chi connectivity index (χ0) is 24.9. The van der Waals surface area contributed by atoms with Gasteiger partial charge in [0.2, 0.25) is 0 Å². The molecule has 5 unspecified atom stereocenters. The normalized spacial score (nSPS) is 28.8. The van der Waals surface area contributed by atoms with Crippen LogP contribution >= 0.6 is 0 Å². The molecule has 6 heteroatoms. The lowest BCUT2D eigenvalue weighted by Gasteiger charge is -2.48. The number of hydrogen-bond acceptors (Lipinski definition) is 5. The van der Waals surface area contributed by atoms with Crippen molar-refractivity contribution in [3.63, 3.8) is 0 Å². The van der Waals surface area contributed by atoms with Crippen LogP contribution in [0, 0.1) is 29.1 Å². The standard InChI is InChI=1S/C27H36O6/c1-16(2)11-18(4)12-17(3)7-10-25(30)33-24-9-8-21(26(31)32)27(6)14-20(19(5)15-28)23(29)13-22(24)27/h7,10,12-13,15-16,18,20-21,24H,5,8-9,11,14H2,1-4,6H3,(H,31,32). The Morgan fingerprint density at radius 2 is 1.94 bits per heavy atom. The molecule has 0 aromatic heterocycles. The molecule has 6 nitrogen and oxygen atoms in total. The van der Waals surface area contributed by atoms with Gasteiger partial charge in [-0.05, 0) is 61.7 Å². The summed E-state index contributed by atoms with van der Waals surface area (Å²) >= 11 is 0. The third kappa shape index (κ3) is 6.40. The molecular formula is C27H36O6. The number of esters is 1. The lowest BCUT2D eigenvalue weighted by molar-refractivity contribution is -0.152. The maximum Gasteiger partial charge on any atom is 0.331 e. The Balaban J connectivity index is 2.22. The number of ketones is 1. The molecule has 0 heterocycles. The maximum absolute atomic E-state index is 12.7. The van der Waals surface area contributed by atoms with Crippen molar-refractivity contribution in [3.8, 4) is 0 Å². The first-order valence-electron chi connectivity index (χ1n) is 11.6. The van der Waals surface area contributed by atoms with Gasteiger partial charge in [0.15, 0.2) is 5.78 Å². The van der Waals surface area contributed by atoms with Crippen molar-refractivity contribution in [3.05, 3.63) is 47.6 Å². The summed E-state index contributed by atoms with van der Waals surface area (Å²) in [4.78, 5) is 48.4. The molecule has 180 valence electrons. The fraction of sp³-hybridized carbons (Fsp3) is 0.556. The molecule has 0 aromatic rings. The first-order chi connectivity index (χ1) is 15.4. The number of carboxylic acids is 1. The largest absolute Gasteiger partial charge is 0.481 e. The second kappa shape index (κ2) is 10.9. The summed E-state index contributed by atoms with van der Waals surface area (Å²) in [7, 11) is 0. The number of rotatable bonds is 9. The minimum Gasteiger partial charge on any atom is -0.481 e. The molecule has 0 spiro atoms. The van der Waals surface area contributed by atoms with E-state index in [-0.39, 0.29) is 17.8 Å². The van der Waals surface area contributed by atoms with Gasteiger partial charge in [0, 0.05) is 11.5 Å². The Bertz CT molecular complexity index is 906. The van der Waals surface area contributed by atoms with Crippen LogP contribution in [-0.2, 0) is 23.9 Å². The van der Waals surface area contributed by atoms with E-state index in [0.29, 0.717) is 36.5 Å². The summed E-state index contributed by atoms with van der Waals surface area (Å²) in [5.74, 6) is -2.32. The van der Waals surface area contributed by atoms with Gasteiger partial charge in [-0.15, -0.1) is 0 Å². The first-order valence-corrected chi connectivity index (χ1v) is 11.6. The van der Waals surface area contributed by atoms with Crippen LogP contribution in [0.1, 0.15) is 60.3 Å². The average molecular weight is 457 g/mol. The highest BCUT2D eigenvalue weighted by Gasteiger charge is 2.53. The number of ether oxygens (including phenoxy) is 1. The van der Waals surface area contributed by atoms with Crippen LogP contribution in [0.3, 0.4) is 0 Å². The highest BCUT2D eigenvalue weighted by Crippen LogP contribution is 2.53. The molecular weight excluding hydrogens is 420 g/mol. The highest BCUT2D eigenvalue weighted by molar-refractivity contribution is 6.00. The average Bonchev–Trinajstić information content (AvgIpc) is 2.71. The zero-order valence-electron chi connectivity index (χ0n) is 20.3. The Labute approximate surface area is 196 Å². The number of carbonyl (C=O) groups is 4. The predicted molar refractivity (Wildman–Crippen MR) is 126 cm³/mol. The first kappa shape index (κ1) is 26.5. The quantitative estimate of drug-likeness (QED) is 0.230. The predicted octanol–water partition coefficient (Wildman–Crippen LogP) is 4.85.